The number of ether oxygens (including phenoxy) is 1. The molecule has 4 rings (SSSR count). The molecule has 1 aromatic heterocycles. The number of benzene rings is 2. The van der Waals surface area contributed by atoms with E-state index < -0.39 is 6.10 Å². The monoisotopic (exact) mass is 338 g/mol. The Morgan fingerprint density at radius 2 is 2.00 bits per heavy atom. The predicted molar refractivity (Wildman–Crippen MR) is 95.4 cm³/mol. The SMILES string of the molecule is C[C@H](c1nc2ccccc2s1)N(C)C(=O)[C@@H]1Cc2ccccc2O1. The summed E-state index contributed by atoms with van der Waals surface area (Å²) >= 11 is 1.64. The highest BCUT2D eigenvalue weighted by Gasteiger charge is 2.33. The third-order valence-electron chi connectivity index (χ3n) is 4.52. The second kappa shape index (κ2) is 5.91. The van der Waals surface area contributed by atoms with Gasteiger partial charge >= 0.3 is 0 Å². The molecule has 5 heteroatoms. The lowest BCUT2D eigenvalue weighted by atomic mass is 10.1. The van der Waals surface area contributed by atoms with Crippen LogP contribution < -0.4 is 4.74 Å². The number of rotatable bonds is 3. The molecule has 122 valence electrons. The molecule has 0 spiro atoms. The first-order valence-corrected chi connectivity index (χ1v) is 8.82. The highest BCUT2D eigenvalue weighted by atomic mass is 32.1. The molecule has 4 nitrogen and oxygen atoms in total. The van der Waals surface area contributed by atoms with Crippen LogP contribution in [0.15, 0.2) is 48.5 Å². The molecule has 2 atom stereocenters. The maximum Gasteiger partial charge on any atom is 0.264 e. The van der Waals surface area contributed by atoms with Gasteiger partial charge in [0.2, 0.25) is 0 Å². The molecule has 1 aliphatic heterocycles. The van der Waals surface area contributed by atoms with Crippen LogP contribution >= 0.6 is 11.3 Å². The summed E-state index contributed by atoms with van der Waals surface area (Å²) in [6.45, 7) is 2.01. The Labute approximate surface area is 144 Å². The number of likely N-dealkylation sites (N-methyl/N-ethyl adjacent to an activating group) is 1. The van der Waals surface area contributed by atoms with Gasteiger partial charge in [-0.05, 0) is 30.7 Å². The van der Waals surface area contributed by atoms with Crippen LogP contribution in [0.5, 0.6) is 5.75 Å². The van der Waals surface area contributed by atoms with Gasteiger partial charge in [0.25, 0.3) is 5.91 Å². The number of nitrogens with zero attached hydrogens (tertiary/aromatic N) is 2. The fraction of sp³-hybridized carbons (Fsp3) is 0.263. The standard InChI is InChI=1S/C19H18N2O2S/c1-12(18-20-14-8-4-6-10-17(14)24-18)21(2)19(22)16-11-13-7-3-5-9-15(13)23-16/h3-10,12,16H,11H2,1-2H3/t12-,16+/m1/s1. The van der Waals surface area contributed by atoms with E-state index in [0.29, 0.717) is 6.42 Å². The number of hydrogen-bond donors (Lipinski definition) is 0. The third-order valence-corrected chi connectivity index (χ3v) is 5.73. The molecular formula is C19H18N2O2S. The molecule has 0 radical (unpaired) electrons. The summed E-state index contributed by atoms with van der Waals surface area (Å²) in [5.74, 6) is 0.815. The van der Waals surface area contributed by atoms with Crippen molar-refractivity contribution < 1.29 is 9.53 Å². The Balaban J connectivity index is 1.52. The van der Waals surface area contributed by atoms with Crippen LogP contribution in [0.4, 0.5) is 0 Å². The maximum absolute atomic E-state index is 12.8. The fourth-order valence-electron chi connectivity index (χ4n) is 2.97. The number of fused-ring (bicyclic) bond motifs is 2. The van der Waals surface area contributed by atoms with Gasteiger partial charge in [-0.3, -0.25) is 4.79 Å². The number of para-hydroxylation sites is 2. The number of hydrogen-bond acceptors (Lipinski definition) is 4. The van der Waals surface area contributed by atoms with Crippen molar-refractivity contribution in [3.8, 4) is 5.75 Å². The number of amides is 1. The molecule has 0 saturated carbocycles. The van der Waals surface area contributed by atoms with E-state index in [0.717, 1.165) is 26.5 Å². The van der Waals surface area contributed by atoms with Gasteiger partial charge in [0, 0.05) is 13.5 Å². The minimum Gasteiger partial charge on any atom is -0.480 e. The lowest BCUT2D eigenvalue weighted by Gasteiger charge is -2.25. The molecular weight excluding hydrogens is 320 g/mol. The van der Waals surface area contributed by atoms with Crippen molar-refractivity contribution >= 4 is 27.5 Å². The van der Waals surface area contributed by atoms with Crippen molar-refractivity contribution in [1.82, 2.24) is 9.88 Å². The van der Waals surface area contributed by atoms with E-state index in [-0.39, 0.29) is 11.9 Å². The van der Waals surface area contributed by atoms with Crippen molar-refractivity contribution in [2.24, 2.45) is 0 Å². The van der Waals surface area contributed by atoms with Crippen LogP contribution in [0, 0.1) is 0 Å². The summed E-state index contributed by atoms with van der Waals surface area (Å²) in [6, 6.07) is 15.8. The van der Waals surface area contributed by atoms with Crippen molar-refractivity contribution in [3.05, 3.63) is 59.1 Å². The molecule has 0 unspecified atom stereocenters. The lowest BCUT2D eigenvalue weighted by Crippen LogP contribution is -2.40. The van der Waals surface area contributed by atoms with Crippen molar-refractivity contribution in [3.63, 3.8) is 0 Å². The summed E-state index contributed by atoms with van der Waals surface area (Å²) in [7, 11) is 1.82. The smallest absolute Gasteiger partial charge is 0.264 e. The Kier molecular flexibility index (Phi) is 3.73. The number of thiazole rings is 1. The van der Waals surface area contributed by atoms with E-state index in [1.54, 1.807) is 16.2 Å². The van der Waals surface area contributed by atoms with Crippen LogP contribution in [-0.4, -0.2) is 28.9 Å². The van der Waals surface area contributed by atoms with Crippen molar-refractivity contribution in [1.29, 1.82) is 0 Å². The minimum atomic E-state index is -0.441. The highest BCUT2D eigenvalue weighted by molar-refractivity contribution is 7.18. The quantitative estimate of drug-likeness (QED) is 0.729. The van der Waals surface area contributed by atoms with Gasteiger partial charge in [-0.15, -0.1) is 11.3 Å². The van der Waals surface area contributed by atoms with E-state index in [1.165, 1.54) is 0 Å². The Bertz CT molecular complexity index is 847. The molecule has 1 amide bonds. The van der Waals surface area contributed by atoms with Crippen LogP contribution in [0.25, 0.3) is 10.2 Å². The number of aromatic nitrogens is 1. The lowest BCUT2D eigenvalue weighted by molar-refractivity contribution is -0.138. The first kappa shape index (κ1) is 15.1. The van der Waals surface area contributed by atoms with Gasteiger partial charge in [-0.2, -0.15) is 0 Å². The molecule has 2 aromatic carbocycles. The summed E-state index contributed by atoms with van der Waals surface area (Å²) in [5, 5.41) is 0.947. The second-order valence-electron chi connectivity index (χ2n) is 6.06. The van der Waals surface area contributed by atoms with Crippen LogP contribution in [-0.2, 0) is 11.2 Å². The molecule has 0 aliphatic carbocycles. The second-order valence-corrected chi connectivity index (χ2v) is 7.13. The fourth-order valence-corrected chi connectivity index (χ4v) is 4.04. The predicted octanol–water partition coefficient (Wildman–Crippen LogP) is 3.82. The van der Waals surface area contributed by atoms with E-state index in [2.05, 4.69) is 11.1 Å². The zero-order valence-corrected chi connectivity index (χ0v) is 14.4. The highest BCUT2D eigenvalue weighted by Crippen LogP contribution is 2.32. The Hall–Kier alpha value is -2.40. The zero-order chi connectivity index (χ0) is 16.7. The summed E-state index contributed by atoms with van der Waals surface area (Å²) in [5.41, 5.74) is 2.08. The number of carbonyl (C=O) groups is 1. The molecule has 1 aliphatic rings. The average molecular weight is 338 g/mol. The van der Waals surface area contributed by atoms with E-state index in [4.69, 9.17) is 4.74 Å². The molecule has 24 heavy (non-hydrogen) atoms. The third kappa shape index (κ3) is 2.55. The Morgan fingerprint density at radius 3 is 2.79 bits per heavy atom. The van der Waals surface area contributed by atoms with Gasteiger partial charge in [0.05, 0.1) is 16.3 Å². The molecule has 0 saturated heterocycles. The van der Waals surface area contributed by atoms with E-state index in [9.17, 15) is 4.79 Å². The molecule has 0 N–H and O–H groups in total. The largest absolute Gasteiger partial charge is 0.480 e. The first-order chi connectivity index (χ1) is 11.6. The molecule has 0 bridgehead atoms. The first-order valence-electron chi connectivity index (χ1n) is 8.00. The summed E-state index contributed by atoms with van der Waals surface area (Å²) in [4.78, 5) is 19.2. The van der Waals surface area contributed by atoms with Gasteiger partial charge < -0.3 is 9.64 Å². The summed E-state index contributed by atoms with van der Waals surface area (Å²) in [6.07, 6.45) is 0.190. The van der Waals surface area contributed by atoms with Crippen molar-refractivity contribution in [2.45, 2.75) is 25.5 Å². The van der Waals surface area contributed by atoms with Crippen molar-refractivity contribution in [2.75, 3.05) is 7.05 Å². The maximum atomic E-state index is 12.8. The zero-order valence-electron chi connectivity index (χ0n) is 13.6. The molecule has 2 heterocycles. The normalized spacial score (nSPS) is 17.3. The van der Waals surface area contributed by atoms with Crippen LogP contribution in [0.2, 0.25) is 0 Å². The van der Waals surface area contributed by atoms with Gasteiger partial charge in [-0.1, -0.05) is 30.3 Å². The van der Waals surface area contributed by atoms with Crippen LogP contribution in [0.1, 0.15) is 23.5 Å². The summed E-state index contributed by atoms with van der Waals surface area (Å²) < 4.78 is 6.97. The topological polar surface area (TPSA) is 42.4 Å². The van der Waals surface area contributed by atoms with Gasteiger partial charge in [0.15, 0.2) is 6.10 Å². The van der Waals surface area contributed by atoms with Gasteiger partial charge in [-0.25, -0.2) is 4.98 Å². The Morgan fingerprint density at radius 1 is 1.25 bits per heavy atom. The van der Waals surface area contributed by atoms with E-state index in [1.807, 2.05) is 56.4 Å². The van der Waals surface area contributed by atoms with E-state index >= 15 is 0 Å². The molecule has 3 aromatic rings. The van der Waals surface area contributed by atoms with Crippen LogP contribution in [0.3, 0.4) is 0 Å². The average Bonchev–Trinajstić information content (AvgIpc) is 3.23. The van der Waals surface area contributed by atoms with Gasteiger partial charge in [0.1, 0.15) is 10.8 Å². The minimum absolute atomic E-state index is 0.00189. The number of carbonyl (C=O) groups excluding carboxylic acids is 1. The molecule has 0 fully saturated rings.